The van der Waals surface area contributed by atoms with Crippen molar-refractivity contribution in [2.24, 2.45) is 11.8 Å². The molecule has 1 saturated heterocycles. The minimum Gasteiger partial charge on any atom is -0.383 e. The van der Waals surface area contributed by atoms with Crippen molar-refractivity contribution in [3.8, 4) is 0 Å². The molecule has 2 aromatic rings. The van der Waals surface area contributed by atoms with Gasteiger partial charge in [-0.1, -0.05) is 27.7 Å². The maximum atomic E-state index is 5.88. The van der Waals surface area contributed by atoms with Gasteiger partial charge in [-0.15, -0.1) is 0 Å². The lowest BCUT2D eigenvalue weighted by Gasteiger charge is -2.38. The Morgan fingerprint density at radius 3 is 1.39 bits per heavy atom. The van der Waals surface area contributed by atoms with E-state index in [1.54, 1.807) is 0 Å². The lowest BCUT2D eigenvalue weighted by molar-refractivity contribution is 0.138. The van der Waals surface area contributed by atoms with Gasteiger partial charge in [-0.3, -0.25) is 9.80 Å². The Morgan fingerprint density at radius 2 is 1.06 bits per heavy atom. The number of benzene rings is 2. The molecular weight excluding hydrogens is 428 g/mol. The van der Waals surface area contributed by atoms with Crippen molar-refractivity contribution in [3.63, 3.8) is 0 Å². The van der Waals surface area contributed by atoms with Crippen LogP contribution in [0.4, 0.5) is 22.7 Å². The van der Waals surface area contributed by atoms with Gasteiger partial charge in [-0.2, -0.15) is 0 Å². The predicted octanol–water partition coefficient (Wildman–Crippen LogP) is 6.92. The first-order chi connectivity index (χ1) is 15.7. The Bertz CT molecular complexity index is 810. The van der Waals surface area contributed by atoms with Crippen molar-refractivity contribution in [2.45, 2.75) is 66.5 Å². The Hall–Kier alpha value is -2.31. The molecule has 0 amide bonds. The minimum absolute atomic E-state index is 0.441. The highest BCUT2D eigenvalue weighted by Gasteiger charge is 2.25. The molecule has 0 aromatic heterocycles. The van der Waals surface area contributed by atoms with Gasteiger partial charge in [0.05, 0.1) is 0 Å². The molecule has 1 aliphatic heterocycles. The molecule has 2 aromatic carbocycles. The average Bonchev–Trinajstić information content (AvgIpc) is 2.74. The van der Waals surface area contributed by atoms with Crippen molar-refractivity contribution < 1.29 is 4.74 Å². The van der Waals surface area contributed by atoms with Crippen LogP contribution in [0, 0.1) is 11.8 Å². The summed E-state index contributed by atoms with van der Waals surface area (Å²) in [6.07, 6.45) is 2.29. The standard InChI is InChI=1S/C27H40N4OS/c1-19(2)15-21(5)28-23-7-11-25(12-8-23)30-17-32-18-31(27(30)33)26-13-9-24(10-14-26)29-22(6)16-20(3)4/h7-14,19-22,28-29H,15-18H2,1-6H3. The van der Waals surface area contributed by atoms with Crippen molar-refractivity contribution in [1.82, 2.24) is 0 Å². The second kappa shape index (κ2) is 11.7. The third kappa shape index (κ3) is 7.34. The molecule has 0 bridgehead atoms. The van der Waals surface area contributed by atoms with Gasteiger partial charge in [0.15, 0.2) is 5.11 Å². The Balaban J connectivity index is 1.63. The average molecular weight is 469 g/mol. The SMILES string of the molecule is CC(C)CC(C)Nc1ccc(N2COCN(c3ccc(NC(C)CC(C)C)cc3)C2=S)cc1. The maximum absolute atomic E-state index is 5.88. The van der Waals surface area contributed by atoms with Gasteiger partial charge >= 0.3 is 0 Å². The summed E-state index contributed by atoms with van der Waals surface area (Å²) in [5.74, 6) is 1.35. The van der Waals surface area contributed by atoms with Crippen LogP contribution in [0.2, 0.25) is 0 Å². The molecule has 2 atom stereocenters. The van der Waals surface area contributed by atoms with Crippen LogP contribution in [0.15, 0.2) is 48.5 Å². The zero-order chi connectivity index (χ0) is 24.0. The van der Waals surface area contributed by atoms with Crippen molar-refractivity contribution >= 4 is 40.1 Å². The van der Waals surface area contributed by atoms with Crippen LogP contribution in [0.1, 0.15) is 54.4 Å². The first kappa shape index (κ1) is 25.3. The van der Waals surface area contributed by atoms with Crippen LogP contribution in [0.3, 0.4) is 0 Å². The van der Waals surface area contributed by atoms with Gasteiger partial charge < -0.3 is 15.4 Å². The molecule has 1 fully saturated rings. The smallest absolute Gasteiger partial charge is 0.184 e. The largest absolute Gasteiger partial charge is 0.383 e. The maximum Gasteiger partial charge on any atom is 0.184 e. The quantitative estimate of drug-likeness (QED) is 0.369. The van der Waals surface area contributed by atoms with Crippen molar-refractivity contribution in [1.29, 1.82) is 0 Å². The molecule has 5 nitrogen and oxygen atoms in total. The summed E-state index contributed by atoms with van der Waals surface area (Å²) in [6, 6.07) is 17.8. The molecule has 3 rings (SSSR count). The normalized spacial score (nSPS) is 16.3. The monoisotopic (exact) mass is 468 g/mol. The van der Waals surface area contributed by atoms with Gasteiger partial charge in [0.2, 0.25) is 0 Å². The second-order valence-corrected chi connectivity index (χ2v) is 10.4. The summed E-state index contributed by atoms with van der Waals surface area (Å²) >= 11 is 5.85. The number of nitrogens with zero attached hydrogens (tertiary/aromatic N) is 2. The third-order valence-corrected chi connectivity index (χ3v) is 6.18. The second-order valence-electron chi connectivity index (χ2n) is 10.0. The highest BCUT2D eigenvalue weighted by molar-refractivity contribution is 7.80. The lowest BCUT2D eigenvalue weighted by atomic mass is 10.1. The van der Waals surface area contributed by atoms with E-state index in [1.807, 2.05) is 9.80 Å². The molecule has 0 saturated carbocycles. The van der Waals surface area contributed by atoms with Crippen molar-refractivity contribution in [3.05, 3.63) is 48.5 Å². The van der Waals surface area contributed by atoms with Crippen LogP contribution in [0.25, 0.3) is 0 Å². The summed E-state index contributed by atoms with van der Waals surface area (Å²) in [5, 5.41) is 7.91. The summed E-state index contributed by atoms with van der Waals surface area (Å²) < 4.78 is 5.88. The molecule has 180 valence electrons. The molecule has 0 radical (unpaired) electrons. The third-order valence-electron chi connectivity index (χ3n) is 5.74. The zero-order valence-corrected chi connectivity index (χ0v) is 21.8. The van der Waals surface area contributed by atoms with E-state index in [1.165, 1.54) is 0 Å². The number of hydrogen-bond donors (Lipinski definition) is 2. The highest BCUT2D eigenvalue weighted by Crippen LogP contribution is 2.27. The van der Waals surface area contributed by atoms with Crippen LogP contribution in [0.5, 0.6) is 0 Å². The summed E-state index contributed by atoms with van der Waals surface area (Å²) in [4.78, 5) is 4.08. The van der Waals surface area contributed by atoms with E-state index >= 15 is 0 Å². The number of rotatable bonds is 10. The number of nitrogens with one attached hydrogen (secondary N) is 2. The minimum atomic E-state index is 0.441. The molecule has 0 aliphatic carbocycles. The topological polar surface area (TPSA) is 39.8 Å². The van der Waals surface area contributed by atoms with E-state index < -0.39 is 0 Å². The molecule has 2 unspecified atom stereocenters. The lowest BCUT2D eigenvalue weighted by Crippen LogP contribution is -2.50. The highest BCUT2D eigenvalue weighted by atomic mass is 32.1. The molecule has 2 N–H and O–H groups in total. The van der Waals surface area contributed by atoms with Crippen LogP contribution < -0.4 is 20.4 Å². The molecular formula is C27H40N4OS. The van der Waals surface area contributed by atoms with E-state index in [0.29, 0.717) is 37.4 Å². The number of ether oxygens (including phenoxy) is 1. The number of anilines is 4. The molecule has 1 heterocycles. The van der Waals surface area contributed by atoms with Gasteiger partial charge in [0.1, 0.15) is 13.5 Å². The fourth-order valence-corrected chi connectivity index (χ4v) is 4.74. The van der Waals surface area contributed by atoms with Crippen LogP contribution in [-0.4, -0.2) is 30.7 Å². The van der Waals surface area contributed by atoms with E-state index in [9.17, 15) is 0 Å². The fraction of sp³-hybridized carbons (Fsp3) is 0.519. The Morgan fingerprint density at radius 1 is 0.697 bits per heavy atom. The van der Waals surface area contributed by atoms with E-state index in [-0.39, 0.29) is 0 Å². The van der Waals surface area contributed by atoms with E-state index in [4.69, 9.17) is 17.0 Å². The van der Waals surface area contributed by atoms with E-state index in [2.05, 4.69) is 101 Å². The van der Waals surface area contributed by atoms with Gasteiger partial charge in [0, 0.05) is 34.8 Å². The number of thiocarbonyl (C=S) groups is 1. The van der Waals surface area contributed by atoms with Crippen LogP contribution in [-0.2, 0) is 4.74 Å². The number of hydrogen-bond acceptors (Lipinski definition) is 4. The van der Waals surface area contributed by atoms with E-state index in [0.717, 1.165) is 40.7 Å². The molecule has 6 heteroatoms. The summed E-state index contributed by atoms with van der Waals surface area (Å²) in [6.45, 7) is 14.4. The molecule has 1 aliphatic rings. The predicted molar refractivity (Wildman–Crippen MR) is 146 cm³/mol. The van der Waals surface area contributed by atoms with Crippen LogP contribution >= 0.6 is 12.2 Å². The van der Waals surface area contributed by atoms with Crippen molar-refractivity contribution in [2.75, 3.05) is 33.9 Å². The summed E-state index contributed by atoms with van der Waals surface area (Å²) in [7, 11) is 0. The Kier molecular flexibility index (Phi) is 8.98. The first-order valence-corrected chi connectivity index (χ1v) is 12.5. The Labute approximate surface area is 205 Å². The first-order valence-electron chi connectivity index (χ1n) is 12.1. The van der Waals surface area contributed by atoms with Gasteiger partial charge in [-0.25, -0.2) is 0 Å². The van der Waals surface area contributed by atoms with Gasteiger partial charge in [0.25, 0.3) is 0 Å². The fourth-order valence-electron chi connectivity index (χ4n) is 4.43. The zero-order valence-electron chi connectivity index (χ0n) is 21.0. The summed E-state index contributed by atoms with van der Waals surface area (Å²) in [5.41, 5.74) is 4.32. The van der Waals surface area contributed by atoms with Gasteiger partial charge in [-0.05, 0) is 99.3 Å². The molecule has 0 spiro atoms. The molecule has 33 heavy (non-hydrogen) atoms.